The van der Waals surface area contributed by atoms with Crippen LogP contribution < -0.4 is 0 Å². The van der Waals surface area contributed by atoms with E-state index in [4.69, 9.17) is 0 Å². The van der Waals surface area contributed by atoms with Gasteiger partial charge in [0.2, 0.25) is 6.41 Å². The van der Waals surface area contributed by atoms with E-state index in [-0.39, 0.29) is 0 Å². The molecule has 2 heteroatoms. The van der Waals surface area contributed by atoms with Crippen LogP contribution in [-0.4, -0.2) is 24.4 Å². The van der Waals surface area contributed by atoms with Crippen molar-refractivity contribution in [3.8, 4) is 0 Å². The van der Waals surface area contributed by atoms with Gasteiger partial charge >= 0.3 is 0 Å². The van der Waals surface area contributed by atoms with E-state index >= 15 is 0 Å². The maximum absolute atomic E-state index is 10.5. The standard InChI is InChI=1S/C9H15NO/c11-8-10-6-2-5-9(7-10)3-1-4-9/h8H,1-7H2. The van der Waals surface area contributed by atoms with Gasteiger partial charge in [0.05, 0.1) is 0 Å². The first-order valence-corrected chi connectivity index (χ1v) is 4.54. The molecule has 0 radical (unpaired) electrons. The zero-order chi connectivity index (χ0) is 7.73. The van der Waals surface area contributed by atoms with E-state index in [9.17, 15) is 4.79 Å². The highest BCUT2D eigenvalue weighted by Gasteiger charge is 2.39. The SMILES string of the molecule is O=CN1CCCC2(CCC2)C1. The highest BCUT2D eigenvalue weighted by Crippen LogP contribution is 2.46. The van der Waals surface area contributed by atoms with Gasteiger partial charge in [-0.1, -0.05) is 6.42 Å². The van der Waals surface area contributed by atoms with Crippen LogP contribution >= 0.6 is 0 Å². The number of hydrogen-bond acceptors (Lipinski definition) is 1. The Labute approximate surface area is 67.6 Å². The number of piperidine rings is 1. The van der Waals surface area contributed by atoms with E-state index in [0.717, 1.165) is 19.5 Å². The molecule has 0 unspecified atom stereocenters. The Morgan fingerprint density at radius 1 is 1.18 bits per heavy atom. The third kappa shape index (κ3) is 1.15. The number of hydrogen-bond donors (Lipinski definition) is 0. The molecule has 1 aliphatic heterocycles. The molecule has 62 valence electrons. The predicted octanol–water partition coefficient (Wildman–Crippen LogP) is 1.41. The predicted molar refractivity (Wildman–Crippen MR) is 43.2 cm³/mol. The largest absolute Gasteiger partial charge is 0.345 e. The fraction of sp³-hybridized carbons (Fsp3) is 0.889. The summed E-state index contributed by atoms with van der Waals surface area (Å²) >= 11 is 0. The minimum atomic E-state index is 0.569. The Morgan fingerprint density at radius 3 is 2.45 bits per heavy atom. The first-order valence-electron chi connectivity index (χ1n) is 4.54. The fourth-order valence-corrected chi connectivity index (χ4v) is 2.42. The molecule has 2 nitrogen and oxygen atoms in total. The summed E-state index contributed by atoms with van der Waals surface area (Å²) in [4.78, 5) is 12.5. The molecule has 1 heterocycles. The molecule has 1 saturated carbocycles. The average molecular weight is 153 g/mol. The second-order valence-corrected chi connectivity index (χ2v) is 4.03. The van der Waals surface area contributed by atoms with Crippen molar-refractivity contribution >= 4 is 6.41 Å². The topological polar surface area (TPSA) is 20.3 Å². The van der Waals surface area contributed by atoms with Crippen LogP contribution in [0.4, 0.5) is 0 Å². The number of likely N-dealkylation sites (tertiary alicyclic amines) is 1. The molecule has 11 heavy (non-hydrogen) atoms. The molecule has 0 bridgehead atoms. The van der Waals surface area contributed by atoms with Crippen molar-refractivity contribution in [2.45, 2.75) is 32.1 Å². The molecular formula is C9H15NO. The molecule has 1 aliphatic carbocycles. The minimum absolute atomic E-state index is 0.569. The molecule has 2 aliphatic rings. The van der Waals surface area contributed by atoms with Crippen LogP contribution in [0.25, 0.3) is 0 Å². The van der Waals surface area contributed by atoms with Crippen molar-refractivity contribution < 1.29 is 4.79 Å². The normalized spacial score (nSPS) is 28.2. The van der Waals surface area contributed by atoms with E-state index in [2.05, 4.69) is 0 Å². The lowest BCUT2D eigenvalue weighted by Crippen LogP contribution is -2.46. The average Bonchev–Trinajstić information content (AvgIpc) is 2.02. The van der Waals surface area contributed by atoms with Crippen molar-refractivity contribution in [1.82, 2.24) is 4.90 Å². The Kier molecular flexibility index (Phi) is 1.63. The fourth-order valence-electron chi connectivity index (χ4n) is 2.42. The van der Waals surface area contributed by atoms with Crippen molar-refractivity contribution in [1.29, 1.82) is 0 Å². The molecule has 0 N–H and O–H groups in total. The summed E-state index contributed by atoms with van der Waals surface area (Å²) in [5.41, 5.74) is 0.569. The minimum Gasteiger partial charge on any atom is -0.345 e. The number of amides is 1. The summed E-state index contributed by atoms with van der Waals surface area (Å²) < 4.78 is 0. The van der Waals surface area contributed by atoms with Gasteiger partial charge in [-0.05, 0) is 31.1 Å². The van der Waals surface area contributed by atoms with Gasteiger partial charge in [0.1, 0.15) is 0 Å². The van der Waals surface area contributed by atoms with Gasteiger partial charge in [0.25, 0.3) is 0 Å². The van der Waals surface area contributed by atoms with Gasteiger partial charge in [-0.3, -0.25) is 4.79 Å². The Balaban J connectivity index is 1.97. The maximum atomic E-state index is 10.5. The molecule has 0 atom stereocenters. The second-order valence-electron chi connectivity index (χ2n) is 4.03. The van der Waals surface area contributed by atoms with Crippen molar-refractivity contribution in [3.63, 3.8) is 0 Å². The number of rotatable bonds is 1. The Hall–Kier alpha value is -0.530. The maximum Gasteiger partial charge on any atom is 0.209 e. The zero-order valence-electron chi connectivity index (χ0n) is 6.88. The summed E-state index contributed by atoms with van der Waals surface area (Å²) in [6.45, 7) is 2.03. The zero-order valence-corrected chi connectivity index (χ0v) is 6.88. The molecule has 0 aromatic carbocycles. The van der Waals surface area contributed by atoms with Crippen LogP contribution in [0, 0.1) is 5.41 Å². The molecule has 1 amide bonds. The van der Waals surface area contributed by atoms with Crippen LogP contribution in [0.2, 0.25) is 0 Å². The first kappa shape index (κ1) is 7.14. The first-order chi connectivity index (χ1) is 5.35. The van der Waals surface area contributed by atoms with Crippen LogP contribution in [0.3, 0.4) is 0 Å². The lowest BCUT2D eigenvalue weighted by atomic mass is 9.64. The lowest BCUT2D eigenvalue weighted by Gasteiger charge is -2.47. The Morgan fingerprint density at radius 2 is 1.91 bits per heavy atom. The molecular weight excluding hydrogens is 138 g/mol. The van der Waals surface area contributed by atoms with Crippen molar-refractivity contribution in [3.05, 3.63) is 0 Å². The van der Waals surface area contributed by atoms with Gasteiger partial charge in [0.15, 0.2) is 0 Å². The molecule has 2 rings (SSSR count). The summed E-state index contributed by atoms with van der Waals surface area (Å²) in [7, 11) is 0. The summed E-state index contributed by atoms with van der Waals surface area (Å²) in [6.07, 6.45) is 7.69. The van der Waals surface area contributed by atoms with Gasteiger partial charge in [0, 0.05) is 13.1 Å². The number of carbonyl (C=O) groups is 1. The quantitative estimate of drug-likeness (QED) is 0.521. The van der Waals surface area contributed by atoms with Crippen LogP contribution in [0.1, 0.15) is 32.1 Å². The molecule has 2 fully saturated rings. The number of nitrogens with zero attached hydrogens (tertiary/aromatic N) is 1. The summed E-state index contributed by atoms with van der Waals surface area (Å²) in [5, 5.41) is 0. The van der Waals surface area contributed by atoms with Gasteiger partial charge in [-0.15, -0.1) is 0 Å². The van der Waals surface area contributed by atoms with Crippen LogP contribution in [0.5, 0.6) is 0 Å². The number of carbonyl (C=O) groups excluding carboxylic acids is 1. The summed E-state index contributed by atoms with van der Waals surface area (Å²) in [5.74, 6) is 0. The van der Waals surface area contributed by atoms with Crippen molar-refractivity contribution in [2.24, 2.45) is 5.41 Å². The molecule has 1 saturated heterocycles. The van der Waals surface area contributed by atoms with E-state index in [1.165, 1.54) is 32.1 Å². The smallest absolute Gasteiger partial charge is 0.209 e. The van der Waals surface area contributed by atoms with Crippen LogP contribution in [0.15, 0.2) is 0 Å². The van der Waals surface area contributed by atoms with E-state index < -0.39 is 0 Å². The van der Waals surface area contributed by atoms with E-state index in [1.54, 1.807) is 0 Å². The highest BCUT2D eigenvalue weighted by atomic mass is 16.1. The summed E-state index contributed by atoms with van der Waals surface area (Å²) in [6, 6.07) is 0. The van der Waals surface area contributed by atoms with Crippen molar-refractivity contribution in [2.75, 3.05) is 13.1 Å². The molecule has 0 aromatic heterocycles. The van der Waals surface area contributed by atoms with Gasteiger partial charge in [-0.25, -0.2) is 0 Å². The lowest BCUT2D eigenvalue weighted by molar-refractivity contribution is -0.123. The molecule has 0 aromatic rings. The third-order valence-corrected chi connectivity index (χ3v) is 3.25. The van der Waals surface area contributed by atoms with E-state index in [1.807, 2.05) is 4.90 Å². The Bertz CT molecular complexity index is 163. The van der Waals surface area contributed by atoms with Crippen LogP contribution in [-0.2, 0) is 4.79 Å². The second kappa shape index (κ2) is 2.50. The highest BCUT2D eigenvalue weighted by molar-refractivity contribution is 5.47. The van der Waals surface area contributed by atoms with E-state index in [0.29, 0.717) is 5.41 Å². The third-order valence-electron chi connectivity index (χ3n) is 3.25. The van der Waals surface area contributed by atoms with Gasteiger partial charge < -0.3 is 4.90 Å². The monoisotopic (exact) mass is 153 g/mol. The molecule has 1 spiro atoms. The van der Waals surface area contributed by atoms with Gasteiger partial charge in [-0.2, -0.15) is 0 Å².